The number of anilines is 1. The predicted octanol–water partition coefficient (Wildman–Crippen LogP) is 1.77. The van der Waals surface area contributed by atoms with E-state index in [0.29, 0.717) is 29.2 Å². The van der Waals surface area contributed by atoms with E-state index in [4.69, 9.17) is 10.5 Å². The minimum absolute atomic E-state index is 0.326. The van der Waals surface area contributed by atoms with Gasteiger partial charge in [0, 0.05) is 25.9 Å². The molecule has 20 heavy (non-hydrogen) atoms. The normalized spacial score (nSPS) is 24.8. The van der Waals surface area contributed by atoms with Crippen molar-refractivity contribution in [3.63, 3.8) is 0 Å². The maximum Gasteiger partial charge on any atom is 0.243 e. The molecule has 112 valence electrons. The highest BCUT2D eigenvalue weighted by molar-refractivity contribution is 7.89. The molecule has 1 aromatic carbocycles. The van der Waals surface area contributed by atoms with E-state index in [9.17, 15) is 8.42 Å². The smallest absolute Gasteiger partial charge is 0.243 e. The molecule has 1 unspecified atom stereocenters. The number of rotatable bonds is 3. The number of methoxy groups -OCH3 is 1. The van der Waals surface area contributed by atoms with Gasteiger partial charge in [-0.05, 0) is 50.5 Å². The second-order valence-corrected chi connectivity index (χ2v) is 7.53. The molecular weight excluding hydrogens is 276 g/mol. The first-order valence-corrected chi connectivity index (χ1v) is 8.14. The fourth-order valence-electron chi connectivity index (χ4n) is 2.63. The number of nitrogen functional groups attached to an aromatic ring is 1. The summed E-state index contributed by atoms with van der Waals surface area (Å²) >= 11 is 0. The number of ether oxygens (including phenoxy) is 1. The molecule has 0 amide bonds. The Morgan fingerprint density at radius 1 is 1.40 bits per heavy atom. The third kappa shape index (κ3) is 2.82. The first-order chi connectivity index (χ1) is 9.28. The number of nitrogens with two attached hydrogens (primary N) is 1. The van der Waals surface area contributed by atoms with E-state index in [1.54, 1.807) is 32.2 Å². The van der Waals surface area contributed by atoms with Crippen molar-refractivity contribution in [2.75, 3.05) is 25.9 Å². The molecule has 0 saturated carbocycles. The van der Waals surface area contributed by atoms with Gasteiger partial charge in [0.15, 0.2) is 0 Å². The summed E-state index contributed by atoms with van der Waals surface area (Å²) in [5.41, 5.74) is 6.52. The number of piperidine rings is 1. The van der Waals surface area contributed by atoms with Crippen molar-refractivity contribution in [1.82, 2.24) is 4.31 Å². The largest absolute Gasteiger partial charge is 0.399 e. The molecule has 2 rings (SSSR count). The molecule has 1 heterocycles. The van der Waals surface area contributed by atoms with Crippen molar-refractivity contribution in [1.29, 1.82) is 0 Å². The zero-order valence-corrected chi connectivity index (χ0v) is 13.0. The van der Waals surface area contributed by atoms with Crippen LogP contribution in [0.1, 0.15) is 25.3 Å². The van der Waals surface area contributed by atoms with Gasteiger partial charge < -0.3 is 10.5 Å². The zero-order valence-electron chi connectivity index (χ0n) is 12.2. The number of nitrogens with zero attached hydrogens (tertiary/aromatic N) is 1. The Bertz CT molecular complexity index is 600. The summed E-state index contributed by atoms with van der Waals surface area (Å²) in [5.74, 6) is 0. The molecule has 1 saturated heterocycles. The van der Waals surface area contributed by atoms with Gasteiger partial charge in [-0.25, -0.2) is 8.42 Å². The summed E-state index contributed by atoms with van der Waals surface area (Å²) in [6, 6.07) is 4.89. The molecular formula is C14H22N2O3S. The highest BCUT2D eigenvalue weighted by atomic mass is 32.2. The molecule has 1 aliphatic rings. The maximum atomic E-state index is 12.8. The topological polar surface area (TPSA) is 72.6 Å². The quantitative estimate of drug-likeness (QED) is 0.863. The Hall–Kier alpha value is -1.11. The first-order valence-electron chi connectivity index (χ1n) is 6.70. The summed E-state index contributed by atoms with van der Waals surface area (Å²) in [4.78, 5) is 0.326. The second kappa shape index (κ2) is 5.35. The Labute approximate surface area is 120 Å². The van der Waals surface area contributed by atoms with Gasteiger partial charge in [-0.2, -0.15) is 4.31 Å². The Kier molecular flexibility index (Phi) is 4.09. The van der Waals surface area contributed by atoms with Crippen molar-refractivity contribution in [3.8, 4) is 0 Å². The van der Waals surface area contributed by atoms with Gasteiger partial charge in [0.1, 0.15) is 0 Å². The van der Waals surface area contributed by atoms with E-state index >= 15 is 0 Å². The van der Waals surface area contributed by atoms with Crippen molar-refractivity contribution in [2.45, 2.75) is 37.2 Å². The molecule has 0 aromatic heterocycles. The molecule has 0 bridgehead atoms. The van der Waals surface area contributed by atoms with Crippen LogP contribution in [0.15, 0.2) is 23.1 Å². The minimum atomic E-state index is -3.49. The molecule has 0 spiro atoms. The van der Waals surface area contributed by atoms with Gasteiger partial charge in [-0.15, -0.1) is 0 Å². The molecule has 0 radical (unpaired) electrons. The van der Waals surface area contributed by atoms with Gasteiger partial charge >= 0.3 is 0 Å². The number of sulfonamides is 1. The molecule has 1 atom stereocenters. The third-order valence-electron chi connectivity index (χ3n) is 3.93. The van der Waals surface area contributed by atoms with Crippen LogP contribution in [0, 0.1) is 6.92 Å². The van der Waals surface area contributed by atoms with E-state index in [2.05, 4.69) is 0 Å². The van der Waals surface area contributed by atoms with E-state index in [1.807, 2.05) is 6.92 Å². The van der Waals surface area contributed by atoms with Gasteiger partial charge in [0.2, 0.25) is 10.0 Å². The third-order valence-corrected chi connectivity index (χ3v) is 5.94. The summed E-state index contributed by atoms with van der Waals surface area (Å²) < 4.78 is 32.5. The van der Waals surface area contributed by atoms with Crippen LogP contribution in [0.3, 0.4) is 0 Å². The maximum absolute atomic E-state index is 12.8. The van der Waals surface area contributed by atoms with Crippen LogP contribution in [0.25, 0.3) is 0 Å². The van der Waals surface area contributed by atoms with E-state index in [1.165, 1.54) is 4.31 Å². The Balaban J connectivity index is 2.35. The minimum Gasteiger partial charge on any atom is -0.399 e. The Morgan fingerprint density at radius 2 is 2.10 bits per heavy atom. The standard InChI is InChI=1S/C14H22N2O3S/c1-11-9-12(15)5-6-13(11)20(17,18)16-8-4-7-14(2,10-16)19-3/h5-6,9H,4,7-8,10,15H2,1-3H3. The average molecular weight is 298 g/mol. The molecule has 0 aliphatic carbocycles. The van der Waals surface area contributed by atoms with E-state index < -0.39 is 15.6 Å². The fraction of sp³-hybridized carbons (Fsp3) is 0.571. The number of hydrogen-bond donors (Lipinski definition) is 1. The number of benzene rings is 1. The number of aryl methyl sites for hydroxylation is 1. The molecule has 1 aromatic rings. The molecule has 2 N–H and O–H groups in total. The lowest BCUT2D eigenvalue weighted by molar-refractivity contribution is -0.0319. The van der Waals surface area contributed by atoms with Crippen molar-refractivity contribution >= 4 is 15.7 Å². The predicted molar refractivity (Wildman–Crippen MR) is 79.0 cm³/mol. The average Bonchev–Trinajstić information content (AvgIpc) is 2.38. The zero-order chi connectivity index (χ0) is 15.0. The van der Waals surface area contributed by atoms with Gasteiger partial charge in [0.05, 0.1) is 10.5 Å². The summed E-state index contributed by atoms with van der Waals surface area (Å²) in [7, 11) is -1.86. The van der Waals surface area contributed by atoms with Crippen LogP contribution in [0.4, 0.5) is 5.69 Å². The number of hydrogen-bond acceptors (Lipinski definition) is 4. The van der Waals surface area contributed by atoms with Crippen molar-refractivity contribution in [2.24, 2.45) is 0 Å². The highest BCUT2D eigenvalue weighted by Crippen LogP contribution is 2.29. The SMILES string of the molecule is COC1(C)CCCN(S(=O)(=O)c2ccc(N)cc2C)C1. The van der Waals surface area contributed by atoms with Crippen LogP contribution in [-0.4, -0.2) is 38.5 Å². The van der Waals surface area contributed by atoms with Crippen LogP contribution in [-0.2, 0) is 14.8 Å². The summed E-state index contributed by atoms with van der Waals surface area (Å²) in [6.07, 6.45) is 1.67. The summed E-state index contributed by atoms with van der Waals surface area (Å²) in [5, 5.41) is 0. The second-order valence-electron chi connectivity index (χ2n) is 5.62. The van der Waals surface area contributed by atoms with Crippen molar-refractivity contribution in [3.05, 3.63) is 23.8 Å². The van der Waals surface area contributed by atoms with E-state index in [0.717, 1.165) is 12.8 Å². The van der Waals surface area contributed by atoms with Crippen LogP contribution >= 0.6 is 0 Å². The molecule has 5 nitrogen and oxygen atoms in total. The monoisotopic (exact) mass is 298 g/mol. The van der Waals surface area contributed by atoms with Gasteiger partial charge in [0.25, 0.3) is 0 Å². The lowest BCUT2D eigenvalue weighted by Crippen LogP contribution is -2.49. The van der Waals surface area contributed by atoms with Crippen LogP contribution < -0.4 is 5.73 Å². The molecule has 6 heteroatoms. The van der Waals surface area contributed by atoms with Crippen molar-refractivity contribution < 1.29 is 13.2 Å². The van der Waals surface area contributed by atoms with Crippen LogP contribution in [0.5, 0.6) is 0 Å². The Morgan fingerprint density at radius 3 is 2.70 bits per heavy atom. The van der Waals surface area contributed by atoms with Gasteiger partial charge in [-0.1, -0.05) is 0 Å². The highest BCUT2D eigenvalue weighted by Gasteiger charge is 2.37. The van der Waals surface area contributed by atoms with Gasteiger partial charge in [-0.3, -0.25) is 0 Å². The molecule has 1 fully saturated rings. The van der Waals surface area contributed by atoms with E-state index in [-0.39, 0.29) is 0 Å². The lowest BCUT2D eigenvalue weighted by Gasteiger charge is -2.38. The fourth-order valence-corrected chi connectivity index (χ4v) is 4.43. The lowest BCUT2D eigenvalue weighted by atomic mass is 9.96. The molecule has 1 aliphatic heterocycles. The first kappa shape index (κ1) is 15.3. The summed E-state index contributed by atoms with van der Waals surface area (Å²) in [6.45, 7) is 4.63. The van der Waals surface area contributed by atoms with Crippen LogP contribution in [0.2, 0.25) is 0 Å².